The van der Waals surface area contributed by atoms with E-state index in [1.54, 1.807) is 4.90 Å². The summed E-state index contributed by atoms with van der Waals surface area (Å²) < 4.78 is 0. The van der Waals surface area contributed by atoms with E-state index in [-0.39, 0.29) is 19.0 Å². The van der Waals surface area contributed by atoms with Crippen molar-refractivity contribution in [2.45, 2.75) is 31.1 Å². The molecule has 1 amide bonds. The monoisotopic (exact) mass is 363 g/mol. The minimum atomic E-state index is -1.11. The van der Waals surface area contributed by atoms with Crippen LogP contribution in [0.1, 0.15) is 31.2 Å². The Labute approximate surface area is 154 Å². The Morgan fingerprint density at radius 2 is 1.31 bits per heavy atom. The molecule has 0 bridgehead atoms. The number of likely N-dealkylation sites (tertiary alicyclic amines) is 1. The highest BCUT2D eigenvalue weighted by Crippen LogP contribution is 2.49. The Morgan fingerprint density at radius 1 is 0.846 bits per heavy atom. The standard InChI is InChI=1S/C20H29NO5/c22-12-18(13-23)10-21(11-19(18,14-24)15-25)17(26)20(8-4-5-9-20)16-6-2-1-3-7-16/h1-3,6-7,22-25H,4-5,8-15H2. The maximum absolute atomic E-state index is 13.6. The summed E-state index contributed by atoms with van der Waals surface area (Å²) in [7, 11) is 0. The van der Waals surface area contributed by atoms with Crippen LogP contribution >= 0.6 is 0 Å². The lowest BCUT2D eigenvalue weighted by molar-refractivity contribution is -0.137. The maximum atomic E-state index is 13.6. The molecule has 1 aromatic carbocycles. The molecule has 3 rings (SSSR count). The number of carbonyl (C=O) groups is 1. The molecule has 26 heavy (non-hydrogen) atoms. The lowest BCUT2D eigenvalue weighted by Crippen LogP contribution is -2.51. The van der Waals surface area contributed by atoms with Crippen LogP contribution in [-0.4, -0.2) is 70.8 Å². The molecule has 6 heteroatoms. The van der Waals surface area contributed by atoms with Crippen molar-refractivity contribution < 1.29 is 25.2 Å². The number of benzene rings is 1. The van der Waals surface area contributed by atoms with Crippen molar-refractivity contribution in [3.05, 3.63) is 35.9 Å². The van der Waals surface area contributed by atoms with Gasteiger partial charge in [-0.2, -0.15) is 0 Å². The van der Waals surface area contributed by atoms with Crippen molar-refractivity contribution in [2.75, 3.05) is 39.5 Å². The zero-order valence-electron chi connectivity index (χ0n) is 15.1. The molecule has 4 N–H and O–H groups in total. The van der Waals surface area contributed by atoms with Gasteiger partial charge in [-0.05, 0) is 18.4 Å². The number of nitrogens with zero attached hydrogens (tertiary/aromatic N) is 1. The van der Waals surface area contributed by atoms with Gasteiger partial charge in [0.05, 0.1) is 31.8 Å². The molecule has 1 saturated carbocycles. The Bertz CT molecular complexity index is 598. The molecule has 144 valence electrons. The SMILES string of the molecule is O=C(N1CC(CO)(CO)C(CO)(CO)C1)C1(c2ccccc2)CCCC1. The van der Waals surface area contributed by atoms with Crippen LogP contribution in [0.2, 0.25) is 0 Å². The van der Waals surface area contributed by atoms with E-state index in [4.69, 9.17) is 0 Å². The Hall–Kier alpha value is -1.47. The van der Waals surface area contributed by atoms with E-state index in [0.717, 1.165) is 31.2 Å². The molecule has 1 saturated heterocycles. The van der Waals surface area contributed by atoms with Crippen LogP contribution in [0, 0.1) is 10.8 Å². The van der Waals surface area contributed by atoms with Crippen molar-refractivity contribution >= 4 is 5.91 Å². The molecule has 0 radical (unpaired) electrons. The van der Waals surface area contributed by atoms with E-state index in [9.17, 15) is 25.2 Å². The fourth-order valence-corrected chi connectivity index (χ4v) is 4.90. The number of carbonyl (C=O) groups excluding carboxylic acids is 1. The first-order chi connectivity index (χ1) is 12.5. The second-order valence-corrected chi connectivity index (χ2v) is 8.01. The number of aliphatic hydroxyl groups is 4. The summed E-state index contributed by atoms with van der Waals surface area (Å²) in [6, 6.07) is 9.76. The summed E-state index contributed by atoms with van der Waals surface area (Å²) in [5.74, 6) is -0.0312. The van der Waals surface area contributed by atoms with Gasteiger partial charge < -0.3 is 25.3 Å². The fourth-order valence-electron chi connectivity index (χ4n) is 4.90. The van der Waals surface area contributed by atoms with Crippen LogP contribution in [0.25, 0.3) is 0 Å². The van der Waals surface area contributed by atoms with E-state index in [0.29, 0.717) is 0 Å². The van der Waals surface area contributed by atoms with E-state index in [1.807, 2.05) is 30.3 Å². The minimum Gasteiger partial charge on any atom is -0.396 e. The molecule has 2 fully saturated rings. The van der Waals surface area contributed by atoms with Crippen molar-refractivity contribution in [1.29, 1.82) is 0 Å². The van der Waals surface area contributed by atoms with Crippen molar-refractivity contribution in [2.24, 2.45) is 10.8 Å². The molecular weight excluding hydrogens is 334 g/mol. The quantitative estimate of drug-likeness (QED) is 0.582. The van der Waals surface area contributed by atoms with Gasteiger partial charge in [0.25, 0.3) is 0 Å². The topological polar surface area (TPSA) is 101 Å². The zero-order chi connectivity index (χ0) is 18.8. The van der Waals surface area contributed by atoms with Gasteiger partial charge in [0.1, 0.15) is 0 Å². The number of hydrogen-bond donors (Lipinski definition) is 4. The molecule has 0 aromatic heterocycles. The molecule has 1 aliphatic heterocycles. The third-order valence-electron chi connectivity index (χ3n) is 6.80. The normalized spacial score (nSPS) is 23.3. The number of aliphatic hydroxyl groups excluding tert-OH is 4. The summed E-state index contributed by atoms with van der Waals surface area (Å²) >= 11 is 0. The van der Waals surface area contributed by atoms with Crippen LogP contribution in [-0.2, 0) is 10.2 Å². The molecular formula is C20H29NO5. The van der Waals surface area contributed by atoms with Gasteiger partial charge in [0.2, 0.25) is 5.91 Å². The largest absolute Gasteiger partial charge is 0.396 e. The fraction of sp³-hybridized carbons (Fsp3) is 0.650. The van der Waals surface area contributed by atoms with Gasteiger partial charge in [-0.3, -0.25) is 4.79 Å². The summed E-state index contributed by atoms with van der Waals surface area (Å²) in [6.45, 7) is -1.32. The highest BCUT2D eigenvalue weighted by atomic mass is 16.3. The smallest absolute Gasteiger partial charge is 0.233 e. The van der Waals surface area contributed by atoms with Gasteiger partial charge in [0, 0.05) is 23.9 Å². The third kappa shape index (κ3) is 2.67. The van der Waals surface area contributed by atoms with Gasteiger partial charge in [-0.25, -0.2) is 0 Å². The predicted molar refractivity (Wildman–Crippen MR) is 96.4 cm³/mol. The van der Waals surface area contributed by atoms with Gasteiger partial charge in [-0.1, -0.05) is 43.2 Å². The number of amides is 1. The second kappa shape index (κ2) is 7.27. The second-order valence-electron chi connectivity index (χ2n) is 8.01. The summed E-state index contributed by atoms with van der Waals surface area (Å²) in [6.07, 6.45) is 3.49. The summed E-state index contributed by atoms with van der Waals surface area (Å²) in [4.78, 5) is 15.2. The first kappa shape index (κ1) is 19.3. The number of hydrogen-bond acceptors (Lipinski definition) is 5. The van der Waals surface area contributed by atoms with Gasteiger partial charge in [-0.15, -0.1) is 0 Å². The molecule has 1 heterocycles. The first-order valence-corrected chi connectivity index (χ1v) is 9.31. The van der Waals surface area contributed by atoms with Crippen molar-refractivity contribution in [3.63, 3.8) is 0 Å². The molecule has 0 atom stereocenters. The van der Waals surface area contributed by atoms with Crippen molar-refractivity contribution in [1.82, 2.24) is 4.90 Å². The molecule has 0 spiro atoms. The van der Waals surface area contributed by atoms with E-state index in [1.165, 1.54) is 0 Å². The summed E-state index contributed by atoms with van der Waals surface area (Å²) in [5, 5.41) is 39.8. The molecule has 0 unspecified atom stereocenters. The van der Waals surface area contributed by atoms with Crippen LogP contribution < -0.4 is 0 Å². The van der Waals surface area contributed by atoms with Crippen LogP contribution in [0.3, 0.4) is 0 Å². The highest BCUT2D eigenvalue weighted by Gasteiger charge is 2.60. The molecule has 1 aromatic rings. The zero-order valence-corrected chi connectivity index (χ0v) is 15.1. The van der Waals surface area contributed by atoms with Crippen LogP contribution in [0.15, 0.2) is 30.3 Å². The number of rotatable bonds is 6. The lowest BCUT2D eigenvalue weighted by atomic mass is 9.67. The van der Waals surface area contributed by atoms with Crippen LogP contribution in [0.4, 0.5) is 0 Å². The minimum absolute atomic E-state index is 0.0312. The third-order valence-corrected chi connectivity index (χ3v) is 6.80. The first-order valence-electron chi connectivity index (χ1n) is 9.31. The Morgan fingerprint density at radius 3 is 1.73 bits per heavy atom. The average Bonchev–Trinajstić information content (AvgIpc) is 3.32. The van der Waals surface area contributed by atoms with E-state index >= 15 is 0 Å². The van der Waals surface area contributed by atoms with Gasteiger partial charge in [0.15, 0.2) is 0 Å². The Kier molecular flexibility index (Phi) is 5.40. The van der Waals surface area contributed by atoms with Gasteiger partial charge >= 0.3 is 0 Å². The predicted octanol–water partition coefficient (Wildman–Crippen LogP) is 0.283. The highest BCUT2D eigenvalue weighted by molar-refractivity contribution is 5.89. The average molecular weight is 363 g/mol. The van der Waals surface area contributed by atoms with Crippen LogP contribution in [0.5, 0.6) is 0 Å². The maximum Gasteiger partial charge on any atom is 0.233 e. The van der Waals surface area contributed by atoms with E-state index < -0.39 is 42.7 Å². The van der Waals surface area contributed by atoms with Crippen molar-refractivity contribution in [3.8, 4) is 0 Å². The van der Waals surface area contributed by atoms with E-state index in [2.05, 4.69) is 0 Å². The Balaban J connectivity index is 1.97. The lowest BCUT2D eigenvalue weighted by Gasteiger charge is -2.39. The molecule has 6 nitrogen and oxygen atoms in total. The molecule has 1 aliphatic carbocycles. The summed E-state index contributed by atoms with van der Waals surface area (Å²) in [5.41, 5.74) is -1.82. The molecule has 2 aliphatic rings.